The summed E-state index contributed by atoms with van der Waals surface area (Å²) in [7, 11) is 1.70. The quantitative estimate of drug-likeness (QED) is 0.795. The normalized spacial score (nSPS) is 14.4. The minimum absolute atomic E-state index is 0.464. The summed E-state index contributed by atoms with van der Waals surface area (Å²) in [6.07, 6.45) is 3.67. The van der Waals surface area contributed by atoms with Gasteiger partial charge in [-0.05, 0) is 37.8 Å². The molecule has 3 rings (SSSR count). The fourth-order valence-electron chi connectivity index (χ4n) is 2.93. The van der Waals surface area contributed by atoms with E-state index in [2.05, 4.69) is 34.1 Å². The van der Waals surface area contributed by atoms with Gasteiger partial charge in [0.25, 0.3) is 0 Å². The van der Waals surface area contributed by atoms with Crippen LogP contribution in [-0.4, -0.2) is 25.4 Å². The molecule has 0 bridgehead atoms. The second-order valence-corrected chi connectivity index (χ2v) is 5.29. The maximum atomic E-state index is 5.60. The fraction of sp³-hybridized carbons (Fsp3) is 0.438. The molecular weight excluding hydrogens is 280 g/mol. The Hall–Kier alpha value is -2.37. The summed E-state index contributed by atoms with van der Waals surface area (Å²) in [5, 5.41) is 12.2. The fourth-order valence-corrected chi connectivity index (χ4v) is 2.93. The average Bonchev–Trinajstić information content (AvgIpc) is 3.07. The molecule has 1 aliphatic rings. The highest BCUT2D eigenvalue weighted by atomic mass is 16.5. The zero-order chi connectivity index (χ0) is 15.5. The molecule has 0 aliphatic carbocycles. The molecule has 22 heavy (non-hydrogen) atoms. The molecule has 0 saturated heterocycles. The number of methoxy groups -OCH3 is 1. The van der Waals surface area contributed by atoms with Crippen LogP contribution in [0.2, 0.25) is 0 Å². The van der Waals surface area contributed by atoms with Gasteiger partial charge in [-0.15, -0.1) is 10.2 Å². The molecule has 0 spiro atoms. The molecular formula is C16H20N4O2. The van der Waals surface area contributed by atoms with E-state index >= 15 is 0 Å². The number of aromatic nitrogens is 1. The van der Waals surface area contributed by atoms with Crippen molar-refractivity contribution in [2.75, 3.05) is 25.1 Å². The Kier molecular flexibility index (Phi) is 4.09. The maximum absolute atomic E-state index is 5.60. The number of fused-ring (bicyclic) bond motifs is 1. The Morgan fingerprint density at radius 1 is 1.41 bits per heavy atom. The third kappa shape index (κ3) is 2.56. The monoisotopic (exact) mass is 300 g/mol. The van der Waals surface area contributed by atoms with Gasteiger partial charge in [-0.1, -0.05) is 5.16 Å². The Balaban J connectivity index is 2.06. The largest absolute Gasteiger partial charge is 0.494 e. The van der Waals surface area contributed by atoms with Crippen LogP contribution < -0.4 is 9.64 Å². The van der Waals surface area contributed by atoms with Gasteiger partial charge in [0.15, 0.2) is 0 Å². The SMILES string of the molecule is CCN1CCCc2c(C)c(N=Nc3ccon3)cc(OC)c21. The van der Waals surface area contributed by atoms with Crippen LogP contribution in [0.4, 0.5) is 17.2 Å². The lowest BCUT2D eigenvalue weighted by Crippen LogP contribution is -2.29. The Morgan fingerprint density at radius 2 is 2.27 bits per heavy atom. The minimum Gasteiger partial charge on any atom is -0.494 e. The van der Waals surface area contributed by atoms with Crippen LogP contribution in [0.5, 0.6) is 5.75 Å². The van der Waals surface area contributed by atoms with Gasteiger partial charge in [0.2, 0.25) is 5.82 Å². The van der Waals surface area contributed by atoms with Gasteiger partial charge in [-0.3, -0.25) is 0 Å². The summed E-state index contributed by atoms with van der Waals surface area (Å²) < 4.78 is 10.4. The van der Waals surface area contributed by atoms with Crippen molar-refractivity contribution in [2.24, 2.45) is 10.2 Å². The summed E-state index contributed by atoms with van der Waals surface area (Å²) in [4.78, 5) is 2.36. The lowest BCUT2D eigenvalue weighted by atomic mass is 9.95. The van der Waals surface area contributed by atoms with Crippen molar-refractivity contribution in [2.45, 2.75) is 26.7 Å². The number of azo groups is 1. The highest BCUT2D eigenvalue weighted by Gasteiger charge is 2.23. The van der Waals surface area contributed by atoms with Crippen molar-refractivity contribution in [3.63, 3.8) is 0 Å². The summed E-state index contributed by atoms with van der Waals surface area (Å²) in [6.45, 7) is 6.30. The molecule has 1 aromatic carbocycles. The van der Waals surface area contributed by atoms with Crippen LogP contribution in [-0.2, 0) is 6.42 Å². The number of benzene rings is 1. The molecule has 6 heteroatoms. The molecule has 0 unspecified atom stereocenters. The number of ether oxygens (including phenoxy) is 1. The number of hydrogen-bond acceptors (Lipinski definition) is 6. The van der Waals surface area contributed by atoms with E-state index in [1.807, 2.05) is 6.07 Å². The minimum atomic E-state index is 0.464. The van der Waals surface area contributed by atoms with Gasteiger partial charge in [0, 0.05) is 25.2 Å². The number of hydrogen-bond donors (Lipinski definition) is 0. The van der Waals surface area contributed by atoms with E-state index in [-0.39, 0.29) is 0 Å². The van der Waals surface area contributed by atoms with E-state index in [0.29, 0.717) is 5.82 Å². The first-order valence-corrected chi connectivity index (χ1v) is 7.52. The van der Waals surface area contributed by atoms with Gasteiger partial charge in [0.05, 0.1) is 18.5 Å². The van der Waals surface area contributed by atoms with Crippen LogP contribution >= 0.6 is 0 Å². The van der Waals surface area contributed by atoms with Crippen molar-refractivity contribution < 1.29 is 9.26 Å². The van der Waals surface area contributed by atoms with Crippen LogP contribution in [0, 0.1) is 6.92 Å². The van der Waals surface area contributed by atoms with Gasteiger partial charge in [0.1, 0.15) is 12.0 Å². The number of rotatable bonds is 4. The lowest BCUT2D eigenvalue weighted by molar-refractivity contribution is 0.412. The summed E-state index contributed by atoms with van der Waals surface area (Å²) in [6, 6.07) is 3.62. The molecule has 6 nitrogen and oxygen atoms in total. The first-order valence-electron chi connectivity index (χ1n) is 7.52. The third-order valence-corrected chi connectivity index (χ3v) is 4.08. The molecule has 1 aliphatic heterocycles. The second-order valence-electron chi connectivity index (χ2n) is 5.29. The van der Waals surface area contributed by atoms with Gasteiger partial charge in [-0.2, -0.15) is 0 Å². The zero-order valence-electron chi connectivity index (χ0n) is 13.2. The van der Waals surface area contributed by atoms with Gasteiger partial charge >= 0.3 is 0 Å². The average molecular weight is 300 g/mol. The topological polar surface area (TPSA) is 63.2 Å². The van der Waals surface area contributed by atoms with E-state index in [1.54, 1.807) is 13.2 Å². The highest BCUT2D eigenvalue weighted by molar-refractivity contribution is 5.73. The molecule has 0 saturated carbocycles. The molecule has 1 aromatic heterocycles. The summed E-state index contributed by atoms with van der Waals surface area (Å²) >= 11 is 0. The first kappa shape index (κ1) is 14.6. The Bertz CT molecular complexity index is 680. The third-order valence-electron chi connectivity index (χ3n) is 4.08. The van der Waals surface area contributed by atoms with Crippen LogP contribution in [0.25, 0.3) is 0 Å². The molecule has 0 radical (unpaired) electrons. The van der Waals surface area contributed by atoms with Crippen molar-refractivity contribution in [3.8, 4) is 5.75 Å². The van der Waals surface area contributed by atoms with Gasteiger partial charge < -0.3 is 14.2 Å². The summed E-state index contributed by atoms with van der Waals surface area (Å²) in [5.74, 6) is 1.32. The standard InChI is InChI=1S/C16H20N4O2/c1-4-20-8-5-6-12-11(2)13(10-14(21-3)16(12)20)17-18-15-7-9-22-19-15/h7,9-10H,4-6,8H2,1-3H3. The predicted octanol–water partition coefficient (Wildman–Crippen LogP) is 4.18. The molecule has 0 fully saturated rings. The van der Waals surface area contributed by atoms with Crippen molar-refractivity contribution in [1.29, 1.82) is 0 Å². The maximum Gasteiger partial charge on any atom is 0.216 e. The molecule has 2 heterocycles. The van der Waals surface area contributed by atoms with Gasteiger partial charge in [-0.25, -0.2) is 0 Å². The zero-order valence-corrected chi connectivity index (χ0v) is 13.2. The van der Waals surface area contributed by atoms with E-state index in [9.17, 15) is 0 Å². The predicted molar refractivity (Wildman–Crippen MR) is 84.6 cm³/mol. The molecule has 0 atom stereocenters. The smallest absolute Gasteiger partial charge is 0.216 e. The van der Waals surface area contributed by atoms with Crippen molar-refractivity contribution in [1.82, 2.24) is 5.16 Å². The van der Waals surface area contributed by atoms with Crippen molar-refractivity contribution >= 4 is 17.2 Å². The molecule has 0 N–H and O–H groups in total. The van der Waals surface area contributed by atoms with Crippen LogP contribution in [0.15, 0.2) is 33.1 Å². The Labute approximate surface area is 129 Å². The van der Waals surface area contributed by atoms with E-state index in [4.69, 9.17) is 9.26 Å². The number of nitrogens with zero attached hydrogens (tertiary/aromatic N) is 4. The van der Waals surface area contributed by atoms with Crippen LogP contribution in [0.3, 0.4) is 0 Å². The van der Waals surface area contributed by atoms with E-state index in [0.717, 1.165) is 42.9 Å². The van der Waals surface area contributed by atoms with E-state index < -0.39 is 0 Å². The molecule has 0 amide bonds. The number of anilines is 1. The first-order chi connectivity index (χ1) is 10.7. The highest BCUT2D eigenvalue weighted by Crippen LogP contribution is 2.42. The summed E-state index contributed by atoms with van der Waals surface area (Å²) in [5.41, 5.74) is 4.48. The molecule has 116 valence electrons. The second kappa shape index (κ2) is 6.17. The molecule has 2 aromatic rings. The lowest BCUT2D eigenvalue weighted by Gasteiger charge is -2.33. The van der Waals surface area contributed by atoms with E-state index in [1.165, 1.54) is 17.5 Å². The van der Waals surface area contributed by atoms with Crippen molar-refractivity contribution in [3.05, 3.63) is 29.5 Å². The Morgan fingerprint density at radius 3 is 2.95 bits per heavy atom. The van der Waals surface area contributed by atoms with Crippen LogP contribution in [0.1, 0.15) is 24.5 Å².